The molecule has 0 unspecified atom stereocenters. The van der Waals surface area contributed by atoms with Crippen LogP contribution in [0.5, 0.6) is 11.6 Å². The van der Waals surface area contributed by atoms with Gasteiger partial charge in [-0.1, -0.05) is 126 Å². The molecule has 0 saturated heterocycles. The van der Waals surface area contributed by atoms with Gasteiger partial charge in [0.15, 0.2) is 19.7 Å². The average molecular weight is 928 g/mol. The summed E-state index contributed by atoms with van der Waals surface area (Å²) in [7, 11) is 0.771. The first kappa shape index (κ1) is 48.1. The van der Waals surface area contributed by atoms with Crippen LogP contribution in [0.4, 0.5) is 4.39 Å². The van der Waals surface area contributed by atoms with Crippen molar-refractivity contribution in [2.45, 2.75) is 110 Å². The van der Waals surface area contributed by atoms with Crippen molar-refractivity contribution in [1.82, 2.24) is 15.0 Å². The normalized spacial score (nSPS) is 20.5. The zero-order chi connectivity index (χ0) is 48.0. The van der Waals surface area contributed by atoms with Gasteiger partial charge in [-0.3, -0.25) is 19.4 Å². The number of fused-ring (bicyclic) bond motifs is 4. The van der Waals surface area contributed by atoms with Gasteiger partial charge in [0.2, 0.25) is 11.6 Å². The van der Waals surface area contributed by atoms with Crippen LogP contribution in [0.3, 0.4) is 0 Å². The molecule has 5 aromatic rings. The fraction of sp³-hybridized carbons (Fsp3) is 0.436. The molecule has 3 aliphatic carbocycles. The zero-order valence-corrected chi connectivity index (χ0v) is 41.7. The number of aliphatic hydroxyl groups is 1. The fourth-order valence-corrected chi connectivity index (χ4v) is 11.7. The third-order valence-corrected chi connectivity index (χ3v) is 19.0. The number of hydrogen-bond donors (Lipinski definition) is 1. The fourth-order valence-electron chi connectivity index (χ4n) is 10.2. The molecule has 0 amide bonds. The minimum absolute atomic E-state index is 0.0217. The summed E-state index contributed by atoms with van der Waals surface area (Å²) in [5.41, 5.74) is 2.48. The van der Waals surface area contributed by atoms with Crippen LogP contribution < -0.4 is 9.47 Å². The van der Waals surface area contributed by atoms with E-state index >= 15 is 14.0 Å². The minimum atomic E-state index is -2.99. The highest BCUT2D eigenvalue weighted by Gasteiger charge is 2.69. The van der Waals surface area contributed by atoms with Gasteiger partial charge in [0, 0.05) is 42.3 Å². The SMILES string of the molecule is Cc1c(CN(CCc2ccccc2)CC(C)C)c(F)c2c(c1OCc1ccccc1)C(O)=C1C(=O)[C@]3(O[Si](C)(C)C(C)(C)C)C(=O)c4c(OCc5ccccc5)noc4[C@@H](N(C)C)[C@@H]3C[C@@H]1C2. The highest BCUT2D eigenvalue weighted by Crippen LogP contribution is 2.59. The summed E-state index contributed by atoms with van der Waals surface area (Å²) in [6.45, 7) is 18.4. The van der Waals surface area contributed by atoms with E-state index in [1.54, 1.807) is 0 Å². The molecule has 3 aliphatic rings. The van der Waals surface area contributed by atoms with E-state index in [-0.39, 0.29) is 54.4 Å². The molecule has 1 heterocycles. The lowest BCUT2D eigenvalue weighted by molar-refractivity contribution is -0.140. The molecule has 1 saturated carbocycles. The van der Waals surface area contributed by atoms with Gasteiger partial charge < -0.3 is 23.5 Å². The number of carbonyl (C=O) groups is 2. The van der Waals surface area contributed by atoms with Crippen molar-refractivity contribution in [3.63, 3.8) is 0 Å². The van der Waals surface area contributed by atoms with Crippen LogP contribution >= 0.6 is 0 Å². The second kappa shape index (κ2) is 18.9. The molecule has 4 aromatic carbocycles. The summed E-state index contributed by atoms with van der Waals surface area (Å²) >= 11 is 0. The Labute approximate surface area is 396 Å². The standard InChI is InChI=1S/C55H66FN3O7Si/c1-34(2)30-59(27-26-36-20-14-11-15-21-36)31-41-35(3)49(63-32-37-22-16-12-17-23-37)44-40(46(41)56)28-39-29-42-47(58(7)8)50-45(53(57-65-50)64-33-38-24-18-13-19-25-38)52(62)55(42,51(61)43(39)48(44)60)66-67(9,10)54(4,5)6/h11-25,34,39,42,47,60H,26-33H2,1-10H3/t39-,42-,47-,55-/m0/s1. The first-order chi connectivity index (χ1) is 31.8. The molecule has 1 aromatic heterocycles. The smallest absolute Gasteiger partial charge is 0.265 e. The van der Waals surface area contributed by atoms with Gasteiger partial charge in [0.25, 0.3) is 5.88 Å². The Hall–Kier alpha value is -5.40. The molecule has 0 radical (unpaired) electrons. The first-order valence-electron chi connectivity index (χ1n) is 23.7. The molecule has 8 rings (SSSR count). The van der Waals surface area contributed by atoms with Crippen LogP contribution in [0, 0.1) is 30.5 Å². The molecule has 10 nitrogen and oxygen atoms in total. The number of ether oxygens (including phenoxy) is 2. The average Bonchev–Trinajstić information content (AvgIpc) is 3.71. The Morgan fingerprint density at radius 2 is 1.46 bits per heavy atom. The number of rotatable bonds is 16. The van der Waals surface area contributed by atoms with Crippen molar-refractivity contribution >= 4 is 25.6 Å². The van der Waals surface area contributed by atoms with Crippen LogP contribution in [0.2, 0.25) is 18.1 Å². The van der Waals surface area contributed by atoms with Gasteiger partial charge in [-0.25, -0.2) is 4.39 Å². The number of halogens is 1. The summed E-state index contributed by atoms with van der Waals surface area (Å²) in [5.74, 6) is -2.56. The van der Waals surface area contributed by atoms with E-state index in [2.05, 4.69) is 56.8 Å². The molecular formula is C55H66FN3O7Si. The molecule has 354 valence electrons. The van der Waals surface area contributed by atoms with Crippen molar-refractivity contribution in [3.05, 3.63) is 153 Å². The van der Waals surface area contributed by atoms with Crippen molar-refractivity contribution in [3.8, 4) is 11.6 Å². The van der Waals surface area contributed by atoms with E-state index in [0.717, 1.165) is 24.1 Å². The molecule has 1 fully saturated rings. The van der Waals surface area contributed by atoms with Crippen LogP contribution in [-0.2, 0) is 41.8 Å². The highest BCUT2D eigenvalue weighted by atomic mass is 28.4. The molecule has 1 N–H and O–H groups in total. The van der Waals surface area contributed by atoms with Crippen LogP contribution in [0.25, 0.3) is 5.76 Å². The number of ketones is 2. The number of aliphatic hydroxyl groups excluding tert-OH is 1. The predicted octanol–water partition coefficient (Wildman–Crippen LogP) is 11.3. The number of Topliss-reactive ketones (excluding diaryl/α,β-unsaturated/α-hetero) is 2. The van der Waals surface area contributed by atoms with E-state index in [1.807, 2.05) is 118 Å². The Morgan fingerprint density at radius 1 is 0.881 bits per heavy atom. The van der Waals surface area contributed by atoms with E-state index in [4.69, 9.17) is 18.4 Å². The second-order valence-corrected chi connectivity index (χ2v) is 25.6. The molecule has 0 bridgehead atoms. The van der Waals surface area contributed by atoms with Gasteiger partial charge in [0.05, 0.1) is 11.6 Å². The monoisotopic (exact) mass is 927 g/mol. The molecule has 0 spiro atoms. The number of aromatic nitrogens is 1. The highest BCUT2D eigenvalue weighted by molar-refractivity contribution is 6.74. The van der Waals surface area contributed by atoms with Gasteiger partial charge >= 0.3 is 0 Å². The van der Waals surface area contributed by atoms with E-state index in [9.17, 15) is 5.11 Å². The Bertz CT molecular complexity index is 2640. The van der Waals surface area contributed by atoms with Crippen LogP contribution in [-0.4, -0.2) is 72.7 Å². The number of hydrogen-bond acceptors (Lipinski definition) is 10. The maximum Gasteiger partial charge on any atom is 0.265 e. The summed E-state index contributed by atoms with van der Waals surface area (Å²) in [4.78, 5) is 36.1. The Kier molecular flexibility index (Phi) is 13.6. The van der Waals surface area contributed by atoms with Crippen molar-refractivity contribution in [1.29, 1.82) is 0 Å². The molecule has 0 aliphatic heterocycles. The molecule has 4 atom stereocenters. The van der Waals surface area contributed by atoms with E-state index in [1.165, 1.54) is 5.56 Å². The summed E-state index contributed by atoms with van der Waals surface area (Å²) < 4.78 is 44.2. The van der Waals surface area contributed by atoms with E-state index in [0.29, 0.717) is 47.2 Å². The summed E-state index contributed by atoms with van der Waals surface area (Å²) in [6, 6.07) is 28.9. The quantitative estimate of drug-likeness (QED) is 0.0758. The largest absolute Gasteiger partial charge is 0.507 e. The lowest BCUT2D eigenvalue weighted by Gasteiger charge is -2.55. The van der Waals surface area contributed by atoms with Gasteiger partial charge in [-0.05, 0) is 97.7 Å². The summed E-state index contributed by atoms with van der Waals surface area (Å²) in [6.07, 6.45) is 1.12. The zero-order valence-electron chi connectivity index (χ0n) is 40.7. The van der Waals surface area contributed by atoms with Crippen LogP contribution in [0.15, 0.2) is 101 Å². The van der Waals surface area contributed by atoms with Crippen molar-refractivity contribution in [2.24, 2.45) is 17.8 Å². The summed E-state index contributed by atoms with van der Waals surface area (Å²) in [5, 5.41) is 16.8. The van der Waals surface area contributed by atoms with Crippen molar-refractivity contribution in [2.75, 3.05) is 27.2 Å². The topological polar surface area (TPSA) is 115 Å². The number of carbonyl (C=O) groups excluding carboxylic acids is 2. The molecular weight excluding hydrogens is 862 g/mol. The minimum Gasteiger partial charge on any atom is -0.507 e. The first-order valence-corrected chi connectivity index (χ1v) is 26.6. The lowest BCUT2D eigenvalue weighted by Crippen LogP contribution is -2.68. The van der Waals surface area contributed by atoms with Gasteiger partial charge in [0.1, 0.15) is 36.1 Å². The van der Waals surface area contributed by atoms with Gasteiger partial charge in [-0.15, -0.1) is 0 Å². The second-order valence-electron chi connectivity index (χ2n) is 20.9. The maximum absolute atomic E-state index is 17.9. The molecule has 67 heavy (non-hydrogen) atoms. The number of nitrogens with zero attached hydrogens (tertiary/aromatic N) is 3. The molecule has 12 heteroatoms. The predicted molar refractivity (Wildman–Crippen MR) is 261 cm³/mol. The lowest BCUT2D eigenvalue weighted by atomic mass is 9.57. The Balaban J connectivity index is 1.29. The third-order valence-electron chi connectivity index (χ3n) is 14.5. The third kappa shape index (κ3) is 9.05. The maximum atomic E-state index is 17.9. The Morgan fingerprint density at radius 3 is 2.03 bits per heavy atom. The number of benzene rings is 4. The van der Waals surface area contributed by atoms with Crippen LogP contribution in [0.1, 0.15) is 102 Å². The van der Waals surface area contributed by atoms with Gasteiger partial charge in [-0.2, -0.15) is 0 Å². The van der Waals surface area contributed by atoms with E-state index < -0.39 is 54.2 Å². The van der Waals surface area contributed by atoms with Crippen molar-refractivity contribution < 1.29 is 37.5 Å².